The smallest absolute Gasteiger partial charge is 0.243 e. The Hall–Kier alpha value is -1.83. The second-order valence-corrected chi connectivity index (χ2v) is 10.7. The molecule has 0 spiro atoms. The largest absolute Gasteiger partial charge is 0.348 e. The lowest BCUT2D eigenvalue weighted by atomic mass is 10.0. The van der Waals surface area contributed by atoms with Crippen LogP contribution in [0.1, 0.15) is 42.9 Å². The van der Waals surface area contributed by atoms with Crippen LogP contribution in [0, 0.1) is 6.92 Å². The number of carbonyl (C=O) groups excluding carboxylic acids is 1. The number of rotatable bonds is 4. The minimum Gasteiger partial charge on any atom is -0.348 e. The monoisotopic (exact) mass is 430 g/mol. The fraction of sp³-hybridized carbons (Fsp3) is 0.409. The summed E-state index contributed by atoms with van der Waals surface area (Å²) >= 11 is 1.80. The third kappa shape index (κ3) is 4.22. The summed E-state index contributed by atoms with van der Waals surface area (Å²) in [5, 5.41) is 3.15. The first-order valence-corrected chi connectivity index (χ1v) is 12.5. The maximum absolute atomic E-state index is 13.2. The van der Waals surface area contributed by atoms with Crippen LogP contribution in [0.3, 0.4) is 0 Å². The zero-order valence-corrected chi connectivity index (χ0v) is 18.1. The molecule has 2 atom stereocenters. The molecule has 0 aromatic heterocycles. The Balaban J connectivity index is 1.56. The van der Waals surface area contributed by atoms with Crippen LogP contribution in [0.2, 0.25) is 0 Å². The van der Waals surface area contributed by atoms with Gasteiger partial charge in [0, 0.05) is 17.2 Å². The molecule has 0 saturated carbocycles. The molecule has 4 rings (SSSR count). The lowest BCUT2D eigenvalue weighted by Crippen LogP contribution is -2.52. The van der Waals surface area contributed by atoms with Crippen molar-refractivity contribution in [2.45, 2.75) is 54.5 Å². The molecule has 1 N–H and O–H groups in total. The summed E-state index contributed by atoms with van der Waals surface area (Å²) in [6.45, 7) is 2.30. The molecule has 0 aliphatic carbocycles. The summed E-state index contributed by atoms with van der Waals surface area (Å²) in [6.07, 6.45) is 3.04. The highest BCUT2D eigenvalue weighted by Gasteiger charge is 2.38. The van der Waals surface area contributed by atoms with Crippen molar-refractivity contribution in [1.29, 1.82) is 0 Å². The van der Waals surface area contributed by atoms with E-state index in [1.54, 1.807) is 36.0 Å². The highest BCUT2D eigenvalue weighted by Crippen LogP contribution is 2.36. The minimum atomic E-state index is -3.71. The number of thioether (sulfide) groups is 1. The molecule has 1 amide bonds. The topological polar surface area (TPSA) is 66.5 Å². The molecule has 1 fully saturated rings. The molecule has 29 heavy (non-hydrogen) atoms. The Morgan fingerprint density at radius 1 is 1.07 bits per heavy atom. The van der Waals surface area contributed by atoms with Gasteiger partial charge in [-0.25, -0.2) is 8.42 Å². The van der Waals surface area contributed by atoms with Crippen LogP contribution in [-0.2, 0) is 14.8 Å². The van der Waals surface area contributed by atoms with Crippen LogP contribution in [0.5, 0.6) is 0 Å². The van der Waals surface area contributed by atoms with Crippen molar-refractivity contribution < 1.29 is 13.2 Å². The number of fused-ring (bicyclic) bond motifs is 1. The van der Waals surface area contributed by atoms with Gasteiger partial charge in [-0.3, -0.25) is 4.79 Å². The molecule has 2 aromatic carbocycles. The highest BCUT2D eigenvalue weighted by atomic mass is 32.2. The second kappa shape index (κ2) is 8.50. The minimum absolute atomic E-state index is 0.0641. The molecule has 154 valence electrons. The molecule has 2 aliphatic rings. The van der Waals surface area contributed by atoms with Gasteiger partial charge in [-0.2, -0.15) is 4.31 Å². The third-order valence-electron chi connectivity index (χ3n) is 5.66. The van der Waals surface area contributed by atoms with E-state index in [0.717, 1.165) is 36.1 Å². The van der Waals surface area contributed by atoms with Crippen molar-refractivity contribution in [1.82, 2.24) is 9.62 Å². The number of aryl methyl sites for hydroxylation is 1. The Bertz CT molecular complexity index is 989. The van der Waals surface area contributed by atoms with Gasteiger partial charge in [0.05, 0.1) is 10.9 Å². The van der Waals surface area contributed by atoms with Crippen molar-refractivity contribution in [2.75, 3.05) is 12.3 Å². The van der Waals surface area contributed by atoms with Crippen LogP contribution in [0.4, 0.5) is 0 Å². The number of piperidine rings is 1. The summed E-state index contributed by atoms with van der Waals surface area (Å²) in [4.78, 5) is 14.6. The molecule has 7 heteroatoms. The fourth-order valence-electron chi connectivity index (χ4n) is 4.06. The summed E-state index contributed by atoms with van der Waals surface area (Å²) in [6, 6.07) is 14.2. The van der Waals surface area contributed by atoms with Gasteiger partial charge in [0.1, 0.15) is 6.04 Å². The van der Waals surface area contributed by atoms with Crippen LogP contribution in [0.15, 0.2) is 58.3 Å². The van der Waals surface area contributed by atoms with Gasteiger partial charge in [-0.15, -0.1) is 11.8 Å². The number of amides is 1. The normalized spacial score (nSPS) is 22.7. The highest BCUT2D eigenvalue weighted by molar-refractivity contribution is 7.99. The van der Waals surface area contributed by atoms with Crippen LogP contribution >= 0.6 is 11.8 Å². The van der Waals surface area contributed by atoms with Gasteiger partial charge in [0.15, 0.2) is 0 Å². The molecule has 1 saturated heterocycles. The summed E-state index contributed by atoms with van der Waals surface area (Å²) in [5.74, 6) is 0.755. The van der Waals surface area contributed by atoms with Gasteiger partial charge in [0.2, 0.25) is 15.9 Å². The van der Waals surface area contributed by atoms with Crippen LogP contribution in [-0.4, -0.2) is 37.0 Å². The predicted molar refractivity (Wildman–Crippen MR) is 115 cm³/mol. The number of sulfonamides is 1. The van der Waals surface area contributed by atoms with E-state index in [1.165, 1.54) is 9.20 Å². The SMILES string of the molecule is Cc1ccc(S(=O)(=O)N2CCCC[C@@H]2C(=O)N[C@H]2CCSc3ccccc32)cc1. The Morgan fingerprint density at radius 3 is 2.62 bits per heavy atom. The van der Waals surface area contributed by atoms with Gasteiger partial charge in [-0.1, -0.05) is 42.3 Å². The molecule has 0 bridgehead atoms. The maximum atomic E-state index is 13.2. The Labute approximate surface area is 176 Å². The fourth-order valence-corrected chi connectivity index (χ4v) is 6.84. The molecular weight excluding hydrogens is 404 g/mol. The lowest BCUT2D eigenvalue weighted by Gasteiger charge is -2.35. The van der Waals surface area contributed by atoms with E-state index >= 15 is 0 Å². The van der Waals surface area contributed by atoms with Gasteiger partial charge in [0.25, 0.3) is 0 Å². The third-order valence-corrected chi connectivity index (χ3v) is 8.70. The number of hydrogen-bond acceptors (Lipinski definition) is 4. The molecule has 0 radical (unpaired) electrons. The van der Waals surface area contributed by atoms with E-state index in [9.17, 15) is 13.2 Å². The van der Waals surface area contributed by atoms with E-state index < -0.39 is 16.1 Å². The number of nitrogens with one attached hydrogen (secondary N) is 1. The molecule has 2 heterocycles. The molecule has 5 nitrogen and oxygen atoms in total. The van der Waals surface area contributed by atoms with Crippen molar-refractivity contribution in [3.8, 4) is 0 Å². The second-order valence-electron chi connectivity index (χ2n) is 7.68. The number of nitrogens with zero attached hydrogens (tertiary/aromatic N) is 1. The van der Waals surface area contributed by atoms with Gasteiger partial charge >= 0.3 is 0 Å². The lowest BCUT2D eigenvalue weighted by molar-refractivity contribution is -0.126. The first-order chi connectivity index (χ1) is 14.0. The Morgan fingerprint density at radius 2 is 1.83 bits per heavy atom. The maximum Gasteiger partial charge on any atom is 0.243 e. The zero-order chi connectivity index (χ0) is 20.4. The van der Waals surface area contributed by atoms with Crippen molar-refractivity contribution >= 4 is 27.7 Å². The van der Waals surface area contributed by atoms with Crippen molar-refractivity contribution in [3.63, 3.8) is 0 Å². The van der Waals surface area contributed by atoms with E-state index in [0.29, 0.717) is 13.0 Å². The van der Waals surface area contributed by atoms with Gasteiger partial charge in [-0.05, 0) is 49.9 Å². The van der Waals surface area contributed by atoms with Crippen molar-refractivity contribution in [3.05, 3.63) is 59.7 Å². The molecule has 2 aliphatic heterocycles. The van der Waals surface area contributed by atoms with E-state index in [1.807, 2.05) is 25.1 Å². The molecular formula is C22H26N2O3S2. The first kappa shape index (κ1) is 20.4. The van der Waals surface area contributed by atoms with E-state index in [-0.39, 0.29) is 16.8 Å². The zero-order valence-electron chi connectivity index (χ0n) is 16.5. The molecule has 0 unspecified atom stereocenters. The first-order valence-electron chi connectivity index (χ1n) is 10.1. The van der Waals surface area contributed by atoms with E-state index in [2.05, 4.69) is 11.4 Å². The van der Waals surface area contributed by atoms with Crippen LogP contribution in [0.25, 0.3) is 0 Å². The predicted octanol–water partition coefficient (Wildman–Crippen LogP) is 3.89. The standard InChI is InChI=1S/C22H26N2O3S2/c1-16-9-11-17(12-10-16)29(26,27)24-14-5-4-7-20(24)22(25)23-19-13-15-28-21-8-3-2-6-18(19)21/h2-3,6,8-12,19-20H,4-5,7,13-15H2,1H3,(H,23,25)/t19-,20+/m0/s1. The van der Waals surface area contributed by atoms with Gasteiger partial charge < -0.3 is 5.32 Å². The van der Waals surface area contributed by atoms with Crippen molar-refractivity contribution in [2.24, 2.45) is 0 Å². The summed E-state index contributed by atoms with van der Waals surface area (Å²) in [7, 11) is -3.71. The summed E-state index contributed by atoms with van der Waals surface area (Å²) in [5.41, 5.74) is 2.13. The number of benzene rings is 2. The summed E-state index contributed by atoms with van der Waals surface area (Å²) < 4.78 is 27.9. The van der Waals surface area contributed by atoms with Crippen LogP contribution < -0.4 is 5.32 Å². The molecule has 2 aromatic rings. The Kier molecular flexibility index (Phi) is 5.99. The average molecular weight is 431 g/mol. The average Bonchev–Trinajstić information content (AvgIpc) is 2.74. The quantitative estimate of drug-likeness (QED) is 0.799. The van der Waals surface area contributed by atoms with E-state index in [4.69, 9.17) is 0 Å². The number of hydrogen-bond donors (Lipinski definition) is 1. The number of carbonyl (C=O) groups is 1.